The molecule has 0 aliphatic rings. The standard InChI is InChI=1S/C18H26F3NO4/c1-5-25-10-13(14(16(22)24)15(23)17(2,3)4)11-7-6-8-12(9-11)26-18(19,20)21/h6-9,13-15,23H,5,10H2,1-4H3,(H2,22,24)/t13-,14?,15?/m0/s1. The van der Waals surface area contributed by atoms with Gasteiger partial charge in [-0.05, 0) is 30.0 Å². The smallest absolute Gasteiger partial charge is 0.406 e. The van der Waals surface area contributed by atoms with Crippen molar-refractivity contribution in [3.8, 4) is 5.75 Å². The highest BCUT2D eigenvalue weighted by atomic mass is 19.4. The molecule has 0 saturated heterocycles. The van der Waals surface area contributed by atoms with Gasteiger partial charge in [-0.2, -0.15) is 0 Å². The van der Waals surface area contributed by atoms with Crippen LogP contribution in [0.25, 0.3) is 0 Å². The number of hydrogen-bond donors (Lipinski definition) is 2. The van der Waals surface area contributed by atoms with Crippen molar-refractivity contribution in [2.45, 2.75) is 46.1 Å². The Morgan fingerprint density at radius 1 is 1.27 bits per heavy atom. The number of benzene rings is 1. The van der Waals surface area contributed by atoms with E-state index >= 15 is 0 Å². The number of alkyl halides is 3. The first kappa shape index (κ1) is 22.2. The Kier molecular flexibility index (Phi) is 7.46. The molecular weight excluding hydrogens is 351 g/mol. The van der Waals surface area contributed by atoms with Gasteiger partial charge in [-0.1, -0.05) is 32.9 Å². The fourth-order valence-electron chi connectivity index (χ4n) is 2.71. The summed E-state index contributed by atoms with van der Waals surface area (Å²) in [5.41, 5.74) is 5.22. The van der Waals surface area contributed by atoms with Crippen LogP contribution in [-0.4, -0.2) is 36.7 Å². The van der Waals surface area contributed by atoms with Crippen molar-refractivity contribution in [3.05, 3.63) is 29.8 Å². The van der Waals surface area contributed by atoms with E-state index in [-0.39, 0.29) is 6.61 Å². The van der Waals surface area contributed by atoms with Crippen LogP contribution in [0.1, 0.15) is 39.2 Å². The van der Waals surface area contributed by atoms with Gasteiger partial charge in [-0.25, -0.2) is 0 Å². The van der Waals surface area contributed by atoms with Crippen molar-refractivity contribution in [2.24, 2.45) is 17.1 Å². The third kappa shape index (κ3) is 6.49. The minimum absolute atomic E-state index is 0.0206. The first-order valence-corrected chi connectivity index (χ1v) is 8.27. The molecule has 1 amide bonds. The second-order valence-corrected chi connectivity index (χ2v) is 7.13. The summed E-state index contributed by atoms with van der Waals surface area (Å²) >= 11 is 0. The first-order chi connectivity index (χ1) is 11.9. The lowest BCUT2D eigenvalue weighted by atomic mass is 9.73. The lowest BCUT2D eigenvalue weighted by Crippen LogP contribution is -2.45. The largest absolute Gasteiger partial charge is 0.573 e. The van der Waals surface area contributed by atoms with Crippen LogP contribution in [-0.2, 0) is 9.53 Å². The van der Waals surface area contributed by atoms with E-state index in [1.54, 1.807) is 33.8 Å². The number of ether oxygens (including phenoxy) is 2. The van der Waals surface area contributed by atoms with Gasteiger partial charge in [-0.15, -0.1) is 13.2 Å². The van der Waals surface area contributed by atoms with Crippen LogP contribution in [0.4, 0.5) is 13.2 Å². The van der Waals surface area contributed by atoms with Crippen LogP contribution in [0.3, 0.4) is 0 Å². The molecule has 0 spiro atoms. The minimum Gasteiger partial charge on any atom is -0.406 e. The van der Waals surface area contributed by atoms with E-state index in [1.165, 1.54) is 12.1 Å². The van der Waals surface area contributed by atoms with Crippen molar-refractivity contribution in [1.82, 2.24) is 0 Å². The summed E-state index contributed by atoms with van der Waals surface area (Å²) in [6.45, 7) is 7.34. The molecular formula is C18H26F3NO4. The van der Waals surface area contributed by atoms with Gasteiger partial charge in [-0.3, -0.25) is 4.79 Å². The number of hydrogen-bond acceptors (Lipinski definition) is 4. The summed E-state index contributed by atoms with van der Waals surface area (Å²) in [6.07, 6.45) is -5.94. The van der Waals surface area contributed by atoms with E-state index in [0.29, 0.717) is 12.2 Å². The average Bonchev–Trinajstić information content (AvgIpc) is 2.48. The lowest BCUT2D eigenvalue weighted by molar-refractivity contribution is -0.274. The van der Waals surface area contributed by atoms with Gasteiger partial charge < -0.3 is 20.3 Å². The van der Waals surface area contributed by atoms with E-state index in [2.05, 4.69) is 4.74 Å². The SMILES string of the molecule is CCOC[C@@H](c1cccc(OC(F)(F)F)c1)C(C(N)=O)C(O)C(C)(C)C. The molecule has 3 atom stereocenters. The zero-order chi connectivity index (χ0) is 20.1. The molecule has 0 fully saturated rings. The summed E-state index contributed by atoms with van der Waals surface area (Å²) in [6, 6.07) is 5.28. The van der Waals surface area contributed by atoms with Crippen LogP contribution in [0.15, 0.2) is 24.3 Å². The number of primary amides is 1. The zero-order valence-corrected chi connectivity index (χ0v) is 15.3. The number of carbonyl (C=O) groups is 1. The fraction of sp³-hybridized carbons (Fsp3) is 0.611. The molecule has 0 aliphatic heterocycles. The summed E-state index contributed by atoms with van der Waals surface area (Å²) in [7, 11) is 0. The Hall–Kier alpha value is -1.80. The van der Waals surface area contributed by atoms with Gasteiger partial charge in [0.05, 0.1) is 18.6 Å². The normalized spacial score (nSPS) is 16.0. The summed E-state index contributed by atoms with van der Waals surface area (Å²) < 4.78 is 46.8. The van der Waals surface area contributed by atoms with Crippen molar-refractivity contribution in [3.63, 3.8) is 0 Å². The monoisotopic (exact) mass is 377 g/mol. The van der Waals surface area contributed by atoms with Crippen LogP contribution >= 0.6 is 0 Å². The highest BCUT2D eigenvalue weighted by molar-refractivity contribution is 5.78. The lowest BCUT2D eigenvalue weighted by Gasteiger charge is -2.36. The fourth-order valence-corrected chi connectivity index (χ4v) is 2.71. The van der Waals surface area contributed by atoms with Crippen molar-refractivity contribution >= 4 is 5.91 Å². The molecule has 2 unspecified atom stereocenters. The molecule has 1 rings (SSSR count). The number of halogens is 3. The number of aliphatic hydroxyl groups is 1. The van der Waals surface area contributed by atoms with Gasteiger partial charge in [0.2, 0.25) is 5.91 Å². The van der Waals surface area contributed by atoms with Gasteiger partial charge in [0.25, 0.3) is 0 Å². The maximum Gasteiger partial charge on any atom is 0.573 e. The second kappa shape index (κ2) is 8.73. The predicted octanol–water partition coefficient (Wildman–Crippen LogP) is 3.21. The molecule has 0 aromatic heterocycles. The number of rotatable bonds is 8. The molecule has 0 radical (unpaired) electrons. The molecule has 3 N–H and O–H groups in total. The zero-order valence-electron chi connectivity index (χ0n) is 15.3. The maximum absolute atomic E-state index is 12.5. The highest BCUT2D eigenvalue weighted by Gasteiger charge is 2.40. The molecule has 0 bridgehead atoms. The molecule has 1 aromatic carbocycles. The Labute approximate surface area is 151 Å². The highest BCUT2D eigenvalue weighted by Crippen LogP contribution is 2.36. The summed E-state index contributed by atoms with van der Waals surface area (Å²) in [5.74, 6) is -2.93. The first-order valence-electron chi connectivity index (χ1n) is 8.27. The Balaban J connectivity index is 3.31. The van der Waals surface area contributed by atoms with E-state index in [0.717, 1.165) is 6.07 Å². The van der Waals surface area contributed by atoms with Crippen LogP contribution in [0.5, 0.6) is 5.75 Å². The van der Waals surface area contributed by atoms with Crippen molar-refractivity contribution in [1.29, 1.82) is 0 Å². The molecule has 8 heteroatoms. The molecule has 0 saturated carbocycles. The number of aliphatic hydroxyl groups excluding tert-OH is 1. The maximum atomic E-state index is 12.5. The molecule has 5 nitrogen and oxygen atoms in total. The summed E-state index contributed by atoms with van der Waals surface area (Å²) in [5, 5.41) is 10.6. The molecule has 0 aliphatic carbocycles. The Morgan fingerprint density at radius 2 is 1.88 bits per heavy atom. The van der Waals surface area contributed by atoms with Gasteiger partial charge in [0.15, 0.2) is 0 Å². The third-order valence-electron chi connectivity index (χ3n) is 4.01. The quantitative estimate of drug-likeness (QED) is 0.729. The topological polar surface area (TPSA) is 81.8 Å². The Morgan fingerprint density at radius 3 is 2.35 bits per heavy atom. The molecule has 148 valence electrons. The molecule has 26 heavy (non-hydrogen) atoms. The van der Waals surface area contributed by atoms with E-state index < -0.39 is 41.4 Å². The second-order valence-electron chi connectivity index (χ2n) is 7.13. The number of nitrogens with two attached hydrogens (primary N) is 1. The van der Waals surface area contributed by atoms with Gasteiger partial charge in [0, 0.05) is 12.5 Å². The van der Waals surface area contributed by atoms with Crippen LogP contribution in [0.2, 0.25) is 0 Å². The molecule has 1 aromatic rings. The predicted molar refractivity (Wildman–Crippen MR) is 90.5 cm³/mol. The van der Waals surface area contributed by atoms with Gasteiger partial charge >= 0.3 is 6.36 Å². The van der Waals surface area contributed by atoms with E-state index in [1.807, 2.05) is 0 Å². The van der Waals surface area contributed by atoms with E-state index in [9.17, 15) is 23.1 Å². The minimum atomic E-state index is -4.83. The molecule has 0 heterocycles. The summed E-state index contributed by atoms with van der Waals surface area (Å²) in [4.78, 5) is 12.1. The number of amides is 1. The van der Waals surface area contributed by atoms with E-state index in [4.69, 9.17) is 10.5 Å². The average molecular weight is 377 g/mol. The van der Waals surface area contributed by atoms with Crippen LogP contribution < -0.4 is 10.5 Å². The van der Waals surface area contributed by atoms with Crippen LogP contribution in [0, 0.1) is 11.3 Å². The Bertz CT molecular complexity index is 599. The van der Waals surface area contributed by atoms with Crippen molar-refractivity contribution < 1.29 is 32.5 Å². The van der Waals surface area contributed by atoms with Gasteiger partial charge in [0.1, 0.15) is 5.75 Å². The third-order valence-corrected chi connectivity index (χ3v) is 4.01. The number of carbonyl (C=O) groups excluding carboxylic acids is 1. The van der Waals surface area contributed by atoms with Crippen molar-refractivity contribution in [2.75, 3.05) is 13.2 Å².